The van der Waals surface area contributed by atoms with Crippen molar-refractivity contribution in [2.24, 2.45) is 23.7 Å². The molecule has 1 heterocycles. The Morgan fingerprint density at radius 3 is 2.25 bits per heavy atom. The fourth-order valence-electron chi connectivity index (χ4n) is 3.80. The average molecular weight is 336 g/mol. The van der Waals surface area contributed by atoms with Gasteiger partial charge in [-0.25, -0.2) is 9.29 Å². The van der Waals surface area contributed by atoms with E-state index >= 15 is 0 Å². The number of imide groups is 1. The number of halogens is 2. The third-order valence-electron chi connectivity index (χ3n) is 4.62. The summed E-state index contributed by atoms with van der Waals surface area (Å²) in [4.78, 5) is 26.1. The van der Waals surface area contributed by atoms with E-state index < -0.39 is 5.82 Å². The molecule has 1 aromatic rings. The van der Waals surface area contributed by atoms with Gasteiger partial charge in [0.25, 0.3) is 0 Å². The molecule has 2 fully saturated rings. The maximum absolute atomic E-state index is 14.0. The molecule has 4 unspecified atom stereocenters. The average Bonchev–Trinajstić information content (AvgIpc) is 3.06. The maximum Gasteiger partial charge on any atom is 0.238 e. The number of hydrogen-bond acceptors (Lipinski definition) is 2. The standard InChI is InChI=1S/C15H11BrFNO2/c16-9-3-4-11(10(17)6-9)18-14(19)12-7-1-2-8(5-7)13(12)15(18)20/h1-4,6-8,12-13H,5H2. The molecule has 20 heavy (non-hydrogen) atoms. The molecule has 2 aliphatic carbocycles. The Morgan fingerprint density at radius 2 is 1.70 bits per heavy atom. The highest BCUT2D eigenvalue weighted by molar-refractivity contribution is 9.10. The highest BCUT2D eigenvalue weighted by atomic mass is 79.9. The number of benzene rings is 1. The van der Waals surface area contributed by atoms with Crippen LogP contribution in [0.4, 0.5) is 10.1 Å². The summed E-state index contributed by atoms with van der Waals surface area (Å²) >= 11 is 3.17. The topological polar surface area (TPSA) is 37.4 Å². The monoisotopic (exact) mass is 335 g/mol. The maximum atomic E-state index is 14.0. The molecule has 3 aliphatic rings. The number of hydrogen-bond donors (Lipinski definition) is 0. The highest BCUT2D eigenvalue weighted by Gasteiger charge is 2.59. The SMILES string of the molecule is O=C1C2C3C=CC(C3)C2C(=O)N1c1ccc(Br)cc1F. The predicted octanol–water partition coefficient (Wildman–Crippen LogP) is 2.90. The normalized spacial score (nSPS) is 34.2. The van der Waals surface area contributed by atoms with Gasteiger partial charge in [-0.2, -0.15) is 0 Å². The van der Waals surface area contributed by atoms with Gasteiger partial charge < -0.3 is 0 Å². The molecule has 0 aromatic heterocycles. The number of rotatable bonds is 1. The van der Waals surface area contributed by atoms with Crippen LogP contribution in [0, 0.1) is 29.5 Å². The molecule has 0 radical (unpaired) electrons. The molecule has 5 heteroatoms. The van der Waals surface area contributed by atoms with Gasteiger partial charge in [0.15, 0.2) is 0 Å². The summed E-state index contributed by atoms with van der Waals surface area (Å²) in [6, 6.07) is 4.39. The smallest absolute Gasteiger partial charge is 0.238 e. The minimum absolute atomic E-state index is 0.0667. The molecule has 3 nitrogen and oxygen atoms in total. The first kappa shape index (κ1) is 12.3. The lowest BCUT2D eigenvalue weighted by atomic mass is 9.85. The second-order valence-electron chi connectivity index (χ2n) is 5.61. The Hall–Kier alpha value is -1.49. The predicted molar refractivity (Wildman–Crippen MR) is 74.3 cm³/mol. The van der Waals surface area contributed by atoms with Crippen LogP contribution in [-0.4, -0.2) is 11.8 Å². The second-order valence-corrected chi connectivity index (χ2v) is 6.52. The van der Waals surface area contributed by atoms with Crippen molar-refractivity contribution < 1.29 is 14.0 Å². The summed E-state index contributed by atoms with van der Waals surface area (Å²) in [6.07, 6.45) is 4.93. The van der Waals surface area contributed by atoms with E-state index in [1.54, 1.807) is 6.07 Å². The minimum Gasteiger partial charge on any atom is -0.274 e. The van der Waals surface area contributed by atoms with Crippen molar-refractivity contribution >= 4 is 33.4 Å². The number of carbonyl (C=O) groups excluding carboxylic acids is 2. The molecule has 1 aliphatic heterocycles. The Labute approximate surface area is 123 Å². The van der Waals surface area contributed by atoms with Gasteiger partial charge in [-0.1, -0.05) is 28.1 Å². The lowest BCUT2D eigenvalue weighted by Gasteiger charge is -2.18. The van der Waals surface area contributed by atoms with Gasteiger partial charge in [-0.15, -0.1) is 0 Å². The fourth-order valence-corrected chi connectivity index (χ4v) is 4.14. The van der Waals surface area contributed by atoms with E-state index in [1.807, 2.05) is 12.2 Å². The van der Waals surface area contributed by atoms with Gasteiger partial charge in [-0.05, 0) is 36.5 Å². The first-order valence-electron chi connectivity index (χ1n) is 6.59. The van der Waals surface area contributed by atoms with E-state index in [2.05, 4.69) is 15.9 Å². The van der Waals surface area contributed by atoms with E-state index in [1.165, 1.54) is 12.1 Å². The molecular weight excluding hydrogens is 325 g/mol. The van der Waals surface area contributed by atoms with Crippen LogP contribution in [-0.2, 0) is 9.59 Å². The van der Waals surface area contributed by atoms with Gasteiger partial charge in [0.05, 0.1) is 17.5 Å². The Morgan fingerprint density at radius 1 is 1.10 bits per heavy atom. The number of allylic oxidation sites excluding steroid dienone is 2. The number of amides is 2. The van der Waals surface area contributed by atoms with E-state index in [4.69, 9.17) is 0 Å². The van der Waals surface area contributed by atoms with Crippen molar-refractivity contribution in [1.82, 2.24) is 0 Å². The first-order chi connectivity index (χ1) is 9.58. The zero-order valence-electron chi connectivity index (χ0n) is 10.4. The quantitative estimate of drug-likeness (QED) is 0.584. The number of fused-ring (bicyclic) bond motifs is 5. The van der Waals surface area contributed by atoms with Crippen LogP contribution >= 0.6 is 15.9 Å². The molecule has 1 saturated heterocycles. The zero-order chi connectivity index (χ0) is 14.0. The molecule has 102 valence electrons. The van der Waals surface area contributed by atoms with Crippen LogP contribution in [0.1, 0.15) is 6.42 Å². The molecule has 0 N–H and O–H groups in total. The van der Waals surface area contributed by atoms with Crippen LogP contribution in [0.25, 0.3) is 0 Å². The van der Waals surface area contributed by atoms with E-state index in [0.29, 0.717) is 4.47 Å². The fraction of sp³-hybridized carbons (Fsp3) is 0.333. The van der Waals surface area contributed by atoms with Crippen LogP contribution in [0.3, 0.4) is 0 Å². The molecule has 1 saturated carbocycles. The van der Waals surface area contributed by atoms with Gasteiger partial charge in [0, 0.05) is 4.47 Å². The third-order valence-corrected chi connectivity index (χ3v) is 5.11. The third kappa shape index (κ3) is 1.44. The summed E-state index contributed by atoms with van der Waals surface area (Å²) in [5.41, 5.74) is 0.0667. The van der Waals surface area contributed by atoms with Crippen molar-refractivity contribution in [1.29, 1.82) is 0 Å². The molecule has 4 atom stereocenters. The molecule has 2 amide bonds. The van der Waals surface area contributed by atoms with Gasteiger partial charge in [-0.3, -0.25) is 9.59 Å². The highest BCUT2D eigenvalue weighted by Crippen LogP contribution is 2.53. The number of anilines is 1. The molecule has 0 spiro atoms. The van der Waals surface area contributed by atoms with Crippen molar-refractivity contribution in [3.8, 4) is 0 Å². The molecule has 4 rings (SSSR count). The van der Waals surface area contributed by atoms with E-state index in [9.17, 15) is 14.0 Å². The second kappa shape index (κ2) is 4.01. The zero-order valence-corrected chi connectivity index (χ0v) is 12.0. The van der Waals surface area contributed by atoms with Gasteiger partial charge in [0.1, 0.15) is 5.82 Å². The summed E-state index contributed by atoms with van der Waals surface area (Å²) < 4.78 is 14.6. The van der Waals surface area contributed by atoms with Crippen LogP contribution in [0.5, 0.6) is 0 Å². The largest absolute Gasteiger partial charge is 0.274 e. The summed E-state index contributed by atoms with van der Waals surface area (Å²) in [6.45, 7) is 0. The van der Waals surface area contributed by atoms with Gasteiger partial charge in [0.2, 0.25) is 11.8 Å². The van der Waals surface area contributed by atoms with E-state index in [-0.39, 0.29) is 41.2 Å². The number of nitrogens with zero attached hydrogens (tertiary/aromatic N) is 1. The summed E-state index contributed by atoms with van der Waals surface area (Å²) in [5, 5.41) is 0. The summed E-state index contributed by atoms with van der Waals surface area (Å²) in [7, 11) is 0. The first-order valence-corrected chi connectivity index (χ1v) is 7.38. The van der Waals surface area contributed by atoms with Crippen LogP contribution < -0.4 is 4.90 Å². The van der Waals surface area contributed by atoms with Gasteiger partial charge >= 0.3 is 0 Å². The molecule has 1 aromatic carbocycles. The molecule has 2 bridgehead atoms. The lowest BCUT2D eigenvalue weighted by Crippen LogP contribution is -2.33. The lowest BCUT2D eigenvalue weighted by molar-refractivity contribution is -0.123. The summed E-state index contributed by atoms with van der Waals surface area (Å²) in [5.74, 6) is -1.35. The van der Waals surface area contributed by atoms with Crippen molar-refractivity contribution in [3.63, 3.8) is 0 Å². The van der Waals surface area contributed by atoms with E-state index in [0.717, 1.165) is 11.3 Å². The van der Waals surface area contributed by atoms with Crippen molar-refractivity contribution in [3.05, 3.63) is 40.6 Å². The van der Waals surface area contributed by atoms with Crippen LogP contribution in [0.2, 0.25) is 0 Å². The van der Waals surface area contributed by atoms with Crippen LogP contribution in [0.15, 0.2) is 34.8 Å². The van der Waals surface area contributed by atoms with Crippen molar-refractivity contribution in [2.45, 2.75) is 6.42 Å². The number of carbonyl (C=O) groups is 2. The Kier molecular flexibility index (Phi) is 2.46. The Bertz CT molecular complexity index is 642. The molecular formula is C15H11BrFNO2. The Balaban J connectivity index is 1.78. The van der Waals surface area contributed by atoms with Crippen molar-refractivity contribution in [2.75, 3.05) is 4.90 Å². The minimum atomic E-state index is -0.554.